The molecule has 0 heterocycles. The quantitative estimate of drug-likeness (QED) is 0.654. The fourth-order valence-corrected chi connectivity index (χ4v) is 4.20. The molecule has 0 aliphatic carbocycles. The van der Waals surface area contributed by atoms with Crippen LogP contribution in [0.5, 0.6) is 11.5 Å². The summed E-state index contributed by atoms with van der Waals surface area (Å²) in [6.45, 7) is 5.42. The number of nitrogens with zero attached hydrogens (tertiary/aromatic N) is 1. The average molecular weight is 435 g/mol. The van der Waals surface area contributed by atoms with Gasteiger partial charge in [0.1, 0.15) is 6.54 Å². The average Bonchev–Trinajstić information content (AvgIpc) is 2.68. The molecule has 0 aromatic heterocycles. The normalized spacial score (nSPS) is 12.2. The topological polar surface area (TPSA) is 84.9 Å². The van der Waals surface area contributed by atoms with Crippen molar-refractivity contribution in [3.05, 3.63) is 53.1 Å². The Bertz CT molecular complexity index is 984. The van der Waals surface area contributed by atoms with Crippen molar-refractivity contribution in [2.24, 2.45) is 0 Å². The zero-order chi connectivity index (χ0) is 22.5. The number of benzene rings is 2. The van der Waals surface area contributed by atoms with Crippen molar-refractivity contribution >= 4 is 21.6 Å². The summed E-state index contributed by atoms with van der Waals surface area (Å²) in [6.07, 6.45) is 1.73. The van der Waals surface area contributed by atoms with E-state index in [1.165, 1.54) is 0 Å². The lowest BCUT2D eigenvalue weighted by Crippen LogP contribution is -2.41. The van der Waals surface area contributed by atoms with Crippen LogP contribution in [0.15, 0.2) is 36.4 Å². The van der Waals surface area contributed by atoms with Gasteiger partial charge >= 0.3 is 0 Å². The molecule has 164 valence electrons. The van der Waals surface area contributed by atoms with Crippen molar-refractivity contribution in [2.75, 3.05) is 31.3 Å². The van der Waals surface area contributed by atoms with E-state index < -0.39 is 10.0 Å². The predicted molar refractivity (Wildman–Crippen MR) is 119 cm³/mol. The molecule has 2 rings (SSSR count). The minimum Gasteiger partial charge on any atom is -0.493 e. The van der Waals surface area contributed by atoms with Crippen molar-refractivity contribution in [3.8, 4) is 11.5 Å². The first-order chi connectivity index (χ1) is 14.1. The molecule has 2 aromatic rings. The highest BCUT2D eigenvalue weighted by molar-refractivity contribution is 7.92. The van der Waals surface area contributed by atoms with Crippen LogP contribution in [0.25, 0.3) is 0 Å². The maximum absolute atomic E-state index is 12.8. The molecule has 0 saturated carbocycles. The van der Waals surface area contributed by atoms with Crippen molar-refractivity contribution in [1.82, 2.24) is 5.32 Å². The summed E-state index contributed by atoms with van der Waals surface area (Å²) in [5.74, 6) is 0.775. The Balaban J connectivity index is 2.25. The monoisotopic (exact) mass is 434 g/mol. The Hall–Kier alpha value is -2.74. The van der Waals surface area contributed by atoms with Crippen LogP contribution in [0, 0.1) is 13.8 Å². The molecular weight excluding hydrogens is 404 g/mol. The molecule has 0 saturated heterocycles. The van der Waals surface area contributed by atoms with Gasteiger partial charge in [-0.05, 0) is 61.2 Å². The number of carbonyl (C=O) groups excluding carboxylic acids is 1. The molecule has 0 spiro atoms. The molecule has 1 amide bonds. The summed E-state index contributed by atoms with van der Waals surface area (Å²) in [7, 11) is -0.528. The maximum atomic E-state index is 12.8. The molecule has 30 heavy (non-hydrogen) atoms. The van der Waals surface area contributed by atoms with E-state index in [2.05, 4.69) is 5.32 Å². The summed E-state index contributed by atoms with van der Waals surface area (Å²) >= 11 is 0. The number of hydrogen-bond donors (Lipinski definition) is 1. The number of ether oxygens (including phenoxy) is 2. The predicted octanol–water partition coefficient (Wildman–Crippen LogP) is 3.35. The van der Waals surface area contributed by atoms with E-state index in [1.807, 2.05) is 39.0 Å². The smallest absolute Gasteiger partial charge is 0.241 e. The Morgan fingerprint density at radius 1 is 1.03 bits per heavy atom. The van der Waals surface area contributed by atoms with E-state index in [1.54, 1.807) is 32.4 Å². The number of methoxy groups -OCH3 is 2. The van der Waals surface area contributed by atoms with Crippen LogP contribution in [-0.2, 0) is 14.8 Å². The third-order valence-electron chi connectivity index (χ3n) is 4.74. The fraction of sp³-hybridized carbons (Fsp3) is 0.409. The second kappa shape index (κ2) is 9.84. The number of aryl methyl sites for hydroxylation is 2. The molecule has 0 radical (unpaired) electrons. The number of nitrogens with one attached hydrogen (secondary N) is 1. The molecule has 0 unspecified atom stereocenters. The standard InChI is InChI=1S/C22H30N2O5S/c1-7-19(17-8-9-20(28-4)21(13-17)29-5)23-22(25)14-24(30(6,26)27)18-11-15(2)10-16(3)12-18/h8-13,19H,7,14H2,1-6H3,(H,23,25)/t19-/m0/s1. The van der Waals surface area contributed by atoms with Gasteiger partial charge in [-0.2, -0.15) is 0 Å². The Morgan fingerprint density at radius 2 is 1.63 bits per heavy atom. The molecule has 0 aliphatic rings. The lowest BCUT2D eigenvalue weighted by atomic mass is 10.0. The van der Waals surface area contributed by atoms with E-state index in [-0.39, 0.29) is 18.5 Å². The van der Waals surface area contributed by atoms with Gasteiger partial charge < -0.3 is 14.8 Å². The number of sulfonamides is 1. The van der Waals surface area contributed by atoms with Crippen molar-refractivity contribution in [3.63, 3.8) is 0 Å². The van der Waals surface area contributed by atoms with Crippen molar-refractivity contribution in [1.29, 1.82) is 0 Å². The van der Waals surface area contributed by atoms with Gasteiger partial charge in [-0.3, -0.25) is 9.10 Å². The van der Waals surface area contributed by atoms with Gasteiger partial charge in [0.05, 0.1) is 32.2 Å². The molecule has 0 fully saturated rings. The Morgan fingerprint density at radius 3 is 2.13 bits per heavy atom. The number of rotatable bonds is 9. The summed E-state index contributed by atoms with van der Waals surface area (Å²) in [5, 5.41) is 2.93. The van der Waals surface area contributed by atoms with Gasteiger partial charge in [-0.1, -0.05) is 19.1 Å². The lowest BCUT2D eigenvalue weighted by Gasteiger charge is -2.25. The Labute approximate surface area is 179 Å². The van der Waals surface area contributed by atoms with Crippen LogP contribution in [-0.4, -0.2) is 41.3 Å². The van der Waals surface area contributed by atoms with E-state index >= 15 is 0 Å². The molecule has 1 N–H and O–H groups in total. The summed E-state index contributed by atoms with van der Waals surface area (Å²) in [5.41, 5.74) is 3.18. The number of carbonyl (C=O) groups is 1. The van der Waals surface area contributed by atoms with Gasteiger partial charge in [-0.25, -0.2) is 8.42 Å². The minimum atomic E-state index is -3.64. The zero-order valence-corrected chi connectivity index (χ0v) is 19.2. The molecular formula is C22H30N2O5S. The van der Waals surface area contributed by atoms with Crippen molar-refractivity contribution < 1.29 is 22.7 Å². The van der Waals surface area contributed by atoms with Crippen LogP contribution in [0.2, 0.25) is 0 Å². The van der Waals surface area contributed by atoms with Crippen LogP contribution in [0.4, 0.5) is 5.69 Å². The van der Waals surface area contributed by atoms with Gasteiger partial charge in [0.2, 0.25) is 15.9 Å². The molecule has 1 atom stereocenters. The highest BCUT2D eigenvalue weighted by Crippen LogP contribution is 2.31. The fourth-order valence-electron chi connectivity index (χ4n) is 3.36. The molecule has 0 aliphatic heterocycles. The van der Waals surface area contributed by atoms with Crippen LogP contribution in [0.3, 0.4) is 0 Å². The van der Waals surface area contributed by atoms with Gasteiger partial charge in [0.15, 0.2) is 11.5 Å². The number of amides is 1. The van der Waals surface area contributed by atoms with Gasteiger partial charge in [0, 0.05) is 0 Å². The first kappa shape index (κ1) is 23.5. The largest absolute Gasteiger partial charge is 0.493 e. The van der Waals surface area contributed by atoms with Gasteiger partial charge in [0.25, 0.3) is 0 Å². The SMILES string of the molecule is CC[C@H](NC(=O)CN(c1cc(C)cc(C)c1)S(C)(=O)=O)c1ccc(OC)c(OC)c1. The first-order valence-electron chi connectivity index (χ1n) is 9.66. The highest BCUT2D eigenvalue weighted by atomic mass is 32.2. The molecule has 7 nitrogen and oxygen atoms in total. The van der Waals surface area contributed by atoms with E-state index in [4.69, 9.17) is 9.47 Å². The maximum Gasteiger partial charge on any atom is 0.241 e. The van der Waals surface area contributed by atoms with E-state index in [0.29, 0.717) is 23.6 Å². The van der Waals surface area contributed by atoms with Crippen LogP contribution in [0.1, 0.15) is 36.1 Å². The minimum absolute atomic E-state index is 0.294. The van der Waals surface area contributed by atoms with E-state index in [0.717, 1.165) is 27.3 Å². The summed E-state index contributed by atoms with van der Waals surface area (Å²) < 4.78 is 36.5. The summed E-state index contributed by atoms with van der Waals surface area (Å²) in [4.78, 5) is 12.8. The second-order valence-corrected chi connectivity index (χ2v) is 9.17. The first-order valence-corrected chi connectivity index (χ1v) is 11.5. The van der Waals surface area contributed by atoms with Crippen LogP contribution >= 0.6 is 0 Å². The Kier molecular flexibility index (Phi) is 7.72. The zero-order valence-electron chi connectivity index (χ0n) is 18.4. The molecule has 2 aromatic carbocycles. The lowest BCUT2D eigenvalue weighted by molar-refractivity contribution is -0.120. The number of hydrogen-bond acceptors (Lipinski definition) is 5. The van der Waals surface area contributed by atoms with Crippen molar-refractivity contribution in [2.45, 2.75) is 33.2 Å². The third kappa shape index (κ3) is 5.89. The van der Waals surface area contributed by atoms with Crippen LogP contribution < -0.4 is 19.1 Å². The molecule has 8 heteroatoms. The van der Waals surface area contributed by atoms with Gasteiger partial charge in [-0.15, -0.1) is 0 Å². The highest BCUT2D eigenvalue weighted by Gasteiger charge is 2.23. The van der Waals surface area contributed by atoms with E-state index in [9.17, 15) is 13.2 Å². The third-order valence-corrected chi connectivity index (χ3v) is 5.88. The summed E-state index contributed by atoms with van der Waals surface area (Å²) in [6, 6.07) is 10.6. The second-order valence-electron chi connectivity index (χ2n) is 7.26. The molecule has 0 bridgehead atoms. The number of anilines is 1.